The smallest absolute Gasteiger partial charge is 0.462 e. The van der Waals surface area contributed by atoms with E-state index in [4.69, 9.17) is 9.57 Å². The van der Waals surface area contributed by atoms with E-state index < -0.39 is 43.9 Å². The van der Waals surface area contributed by atoms with Gasteiger partial charge in [-0.1, -0.05) is 13.3 Å². The number of esters is 1. The summed E-state index contributed by atoms with van der Waals surface area (Å²) in [7, 11) is -6.23. The Morgan fingerprint density at radius 3 is 2.47 bits per heavy atom. The Bertz CT molecular complexity index is 1110. The molecule has 0 aliphatic rings. The van der Waals surface area contributed by atoms with E-state index in [0.29, 0.717) is 17.6 Å². The van der Waals surface area contributed by atoms with Gasteiger partial charge in [-0.25, -0.2) is 14.8 Å². The molecule has 166 valence electrons. The van der Waals surface area contributed by atoms with Gasteiger partial charge in [-0.05, 0) is 20.3 Å². The Morgan fingerprint density at radius 1 is 1.23 bits per heavy atom. The molecule has 0 aliphatic carbocycles. The summed E-state index contributed by atoms with van der Waals surface area (Å²) in [5.74, 6) is -2.58. The maximum Gasteiger partial charge on any atom is 0.534 e. The maximum absolute atomic E-state index is 12.9. The number of halogens is 3. The molecule has 2 aromatic rings. The Hall–Kier alpha value is -2.90. The minimum atomic E-state index is -6.23. The first-order valence-corrected chi connectivity index (χ1v) is 10.1. The van der Waals surface area contributed by atoms with Crippen molar-refractivity contribution in [2.24, 2.45) is 0 Å². The Morgan fingerprint density at radius 2 is 1.90 bits per heavy atom. The zero-order valence-electron chi connectivity index (χ0n) is 16.1. The molecule has 14 heteroatoms. The van der Waals surface area contributed by atoms with Crippen molar-refractivity contribution in [3.63, 3.8) is 0 Å². The number of rotatable bonds is 8. The van der Waals surface area contributed by atoms with Crippen molar-refractivity contribution >= 4 is 27.1 Å². The summed E-state index contributed by atoms with van der Waals surface area (Å²) in [4.78, 5) is 38.2. The van der Waals surface area contributed by atoms with E-state index in [1.165, 1.54) is 13.8 Å². The molecule has 0 N–H and O–H groups in total. The number of carbonyl (C=O) groups excluding carboxylic acids is 1. The van der Waals surface area contributed by atoms with Gasteiger partial charge < -0.3 is 13.8 Å². The quantitative estimate of drug-likeness (QED) is 0.254. The SMILES string of the molecule is CCCCOn1c(=O)c(C(=O)OCC)c(OS(=O)(=O)C(F)(F)F)c2c(C)ncnc21. The summed E-state index contributed by atoms with van der Waals surface area (Å²) in [6, 6.07) is 0. The van der Waals surface area contributed by atoms with Gasteiger partial charge in [-0.2, -0.15) is 21.6 Å². The van der Waals surface area contributed by atoms with Crippen LogP contribution in [0.2, 0.25) is 0 Å². The Balaban J connectivity index is 2.93. The van der Waals surface area contributed by atoms with Crippen LogP contribution < -0.4 is 14.6 Å². The second-order valence-corrected chi connectivity index (χ2v) is 7.39. The molecular formula is C16H18F3N3O7S. The molecular weight excluding hydrogens is 435 g/mol. The highest BCUT2D eigenvalue weighted by Gasteiger charge is 2.49. The molecule has 0 amide bonds. The van der Waals surface area contributed by atoms with Gasteiger partial charge in [0.25, 0.3) is 0 Å². The number of unbranched alkanes of at least 4 members (excludes halogenated alkanes) is 1. The lowest BCUT2D eigenvalue weighted by Crippen LogP contribution is -2.36. The number of aryl methyl sites for hydroxylation is 1. The average Bonchev–Trinajstić information content (AvgIpc) is 2.63. The molecule has 0 spiro atoms. The van der Waals surface area contributed by atoms with Crippen LogP contribution >= 0.6 is 0 Å². The fraction of sp³-hybridized carbons (Fsp3) is 0.500. The first-order valence-electron chi connectivity index (χ1n) is 8.67. The summed E-state index contributed by atoms with van der Waals surface area (Å²) in [6.07, 6.45) is 2.19. The second kappa shape index (κ2) is 8.85. The number of aromatic nitrogens is 3. The van der Waals surface area contributed by atoms with E-state index in [2.05, 4.69) is 14.2 Å². The summed E-state index contributed by atoms with van der Waals surface area (Å²) >= 11 is 0. The van der Waals surface area contributed by atoms with Crippen LogP contribution in [0.5, 0.6) is 5.75 Å². The fourth-order valence-electron chi connectivity index (χ4n) is 2.34. The summed E-state index contributed by atoms with van der Waals surface area (Å²) in [5.41, 5.74) is -8.63. The molecule has 2 aromatic heterocycles. The number of nitrogens with zero attached hydrogens (tertiary/aromatic N) is 3. The van der Waals surface area contributed by atoms with Gasteiger partial charge in [-0.3, -0.25) is 4.79 Å². The van der Waals surface area contributed by atoms with Gasteiger partial charge in [-0.15, -0.1) is 4.73 Å². The van der Waals surface area contributed by atoms with Crippen LogP contribution in [0.25, 0.3) is 11.0 Å². The number of alkyl halides is 3. The first kappa shape index (κ1) is 23.4. The monoisotopic (exact) mass is 453 g/mol. The fourth-order valence-corrected chi connectivity index (χ4v) is 2.82. The van der Waals surface area contributed by atoms with Crippen molar-refractivity contribution in [1.82, 2.24) is 14.7 Å². The van der Waals surface area contributed by atoms with E-state index >= 15 is 0 Å². The lowest BCUT2D eigenvalue weighted by atomic mass is 10.1. The van der Waals surface area contributed by atoms with Gasteiger partial charge in [0.2, 0.25) is 0 Å². The molecule has 2 heterocycles. The molecule has 10 nitrogen and oxygen atoms in total. The molecule has 0 saturated carbocycles. The highest BCUT2D eigenvalue weighted by atomic mass is 32.2. The number of ether oxygens (including phenoxy) is 1. The normalized spacial score (nSPS) is 12.1. The topological polar surface area (TPSA) is 127 Å². The molecule has 0 saturated heterocycles. The largest absolute Gasteiger partial charge is 0.534 e. The van der Waals surface area contributed by atoms with E-state index in [9.17, 15) is 31.2 Å². The van der Waals surface area contributed by atoms with Gasteiger partial charge in [0.15, 0.2) is 17.0 Å². The Labute approximate surface area is 168 Å². The van der Waals surface area contributed by atoms with Crippen molar-refractivity contribution in [3.05, 3.63) is 27.9 Å². The van der Waals surface area contributed by atoms with Crippen LogP contribution in [0.15, 0.2) is 11.1 Å². The minimum Gasteiger partial charge on any atom is -0.462 e. The highest BCUT2D eigenvalue weighted by molar-refractivity contribution is 7.88. The molecule has 0 fully saturated rings. The molecule has 0 atom stereocenters. The van der Waals surface area contributed by atoms with Gasteiger partial charge >= 0.3 is 27.2 Å². The maximum atomic E-state index is 12.9. The predicted octanol–water partition coefficient (Wildman–Crippen LogP) is 1.73. The predicted molar refractivity (Wildman–Crippen MR) is 96.4 cm³/mol. The van der Waals surface area contributed by atoms with Crippen molar-refractivity contribution in [2.45, 2.75) is 39.1 Å². The summed E-state index contributed by atoms with van der Waals surface area (Å²) < 4.78 is 71.5. The third-order valence-electron chi connectivity index (χ3n) is 3.74. The van der Waals surface area contributed by atoms with E-state index in [-0.39, 0.29) is 24.6 Å². The van der Waals surface area contributed by atoms with Crippen LogP contribution in [0, 0.1) is 6.92 Å². The van der Waals surface area contributed by atoms with Crippen LogP contribution in [-0.2, 0) is 14.9 Å². The zero-order valence-corrected chi connectivity index (χ0v) is 17.0. The zero-order chi connectivity index (χ0) is 22.7. The Kier molecular flexibility index (Phi) is 6.90. The van der Waals surface area contributed by atoms with E-state index in [0.717, 1.165) is 6.33 Å². The minimum absolute atomic E-state index is 0.0118. The molecule has 0 aliphatic heterocycles. The number of fused-ring (bicyclic) bond motifs is 1. The number of hydrogen-bond acceptors (Lipinski definition) is 9. The summed E-state index contributed by atoms with van der Waals surface area (Å²) in [5, 5.41) is -0.426. The van der Waals surface area contributed by atoms with Crippen molar-refractivity contribution in [2.75, 3.05) is 13.2 Å². The highest BCUT2D eigenvalue weighted by Crippen LogP contribution is 2.34. The third-order valence-corrected chi connectivity index (χ3v) is 4.69. The standard InChI is InChI=1S/C16H18F3N3O7S/c1-4-6-7-28-22-13-10(9(3)20-8-21-13)12(29-30(25,26)16(17,18)19)11(14(22)23)15(24)27-5-2/h8H,4-7H2,1-3H3. The van der Waals surface area contributed by atoms with E-state index in [1.807, 2.05) is 6.92 Å². The van der Waals surface area contributed by atoms with Crippen LogP contribution in [0.3, 0.4) is 0 Å². The number of carbonyl (C=O) groups is 1. The van der Waals surface area contributed by atoms with Crippen LogP contribution in [-0.4, -0.2) is 47.8 Å². The lowest BCUT2D eigenvalue weighted by Gasteiger charge is -2.18. The number of hydrogen-bond donors (Lipinski definition) is 0. The number of pyridine rings is 1. The van der Waals surface area contributed by atoms with Crippen LogP contribution in [0.4, 0.5) is 13.2 Å². The van der Waals surface area contributed by atoms with E-state index in [1.54, 1.807) is 0 Å². The molecule has 0 aromatic carbocycles. The molecule has 0 radical (unpaired) electrons. The second-order valence-electron chi connectivity index (χ2n) is 5.85. The van der Waals surface area contributed by atoms with Gasteiger partial charge in [0.05, 0.1) is 17.7 Å². The van der Waals surface area contributed by atoms with Crippen molar-refractivity contribution in [3.8, 4) is 5.75 Å². The van der Waals surface area contributed by atoms with Crippen molar-refractivity contribution in [1.29, 1.82) is 0 Å². The summed E-state index contributed by atoms with van der Waals surface area (Å²) in [6.45, 7) is 4.30. The van der Waals surface area contributed by atoms with Gasteiger partial charge in [0, 0.05) is 0 Å². The third kappa shape index (κ3) is 4.47. The molecule has 30 heavy (non-hydrogen) atoms. The first-order chi connectivity index (χ1) is 14.0. The molecule has 0 unspecified atom stereocenters. The average molecular weight is 453 g/mol. The van der Waals surface area contributed by atoms with Gasteiger partial charge in [0.1, 0.15) is 12.9 Å². The lowest BCUT2D eigenvalue weighted by molar-refractivity contribution is -0.0500. The molecule has 0 bridgehead atoms. The molecule has 2 rings (SSSR count). The van der Waals surface area contributed by atoms with Crippen LogP contribution in [0.1, 0.15) is 42.7 Å². The van der Waals surface area contributed by atoms with Crippen molar-refractivity contribution < 1.29 is 40.1 Å².